The zero-order valence-corrected chi connectivity index (χ0v) is 70.7. The number of esters is 6. The summed E-state index contributed by atoms with van der Waals surface area (Å²) in [6.07, 6.45) is 76.6. The first-order chi connectivity index (χ1) is 51.6. The molecular formula is C93H176O12. The minimum atomic E-state index is -1.31. The summed E-state index contributed by atoms with van der Waals surface area (Å²) < 4.78 is 36.2. The smallest absolute Gasteiger partial charge is 0.347 e. The summed E-state index contributed by atoms with van der Waals surface area (Å²) in [6, 6.07) is 0. The second-order valence-corrected chi connectivity index (χ2v) is 32.1. The van der Waals surface area contributed by atoms with Crippen molar-refractivity contribution in [1.82, 2.24) is 0 Å². The molecule has 620 valence electrons. The van der Waals surface area contributed by atoms with Crippen molar-refractivity contribution in [1.29, 1.82) is 0 Å². The average molecular weight is 1490 g/mol. The van der Waals surface area contributed by atoms with Gasteiger partial charge in [0, 0.05) is 19.3 Å². The zero-order chi connectivity index (χ0) is 76.5. The summed E-state index contributed by atoms with van der Waals surface area (Å²) in [6.45, 7) is 12.4. The van der Waals surface area contributed by atoms with Crippen LogP contribution in [0, 0.1) is 0 Å². The summed E-state index contributed by atoms with van der Waals surface area (Å²) in [7, 11) is 0. The predicted molar refractivity (Wildman–Crippen MR) is 442 cm³/mol. The highest BCUT2D eigenvalue weighted by Crippen LogP contribution is 2.23. The van der Waals surface area contributed by atoms with E-state index in [1.54, 1.807) is 0 Å². The Morgan fingerprint density at radius 3 is 0.514 bits per heavy atom. The Morgan fingerprint density at radius 1 is 0.181 bits per heavy atom. The number of hydrogen-bond donors (Lipinski definition) is 0. The molecule has 0 rings (SSSR count). The topological polar surface area (TPSA) is 158 Å². The molecular weight excluding hydrogens is 1310 g/mol. The maximum Gasteiger partial charge on any atom is 0.347 e. The normalized spacial score (nSPS) is 12.6. The molecule has 0 heterocycles. The Labute approximate surface area is 650 Å². The fourth-order valence-electron chi connectivity index (χ4n) is 14.5. The number of hydrogen-bond acceptors (Lipinski definition) is 12. The number of carbonyl (C=O) groups is 6. The average Bonchev–Trinajstić information content (AvgIpc) is 0.902. The van der Waals surface area contributed by atoms with Gasteiger partial charge in [0.1, 0.15) is 13.2 Å². The van der Waals surface area contributed by atoms with Gasteiger partial charge in [-0.05, 0) is 57.8 Å². The molecule has 0 spiro atoms. The third-order valence-corrected chi connectivity index (χ3v) is 21.6. The minimum Gasteiger partial charge on any atom is -0.459 e. The van der Waals surface area contributed by atoms with E-state index in [1.165, 1.54) is 283 Å². The fraction of sp³-hybridized carbons (Fsp3) is 0.935. The quantitative estimate of drug-likeness (QED) is 0.0323. The van der Waals surface area contributed by atoms with Crippen LogP contribution in [0.15, 0.2) is 0 Å². The van der Waals surface area contributed by atoms with Crippen LogP contribution in [-0.2, 0) is 57.2 Å². The Hall–Kier alpha value is -3.18. The molecule has 0 saturated heterocycles. The monoisotopic (exact) mass is 1490 g/mol. The van der Waals surface area contributed by atoms with Crippen molar-refractivity contribution in [2.75, 3.05) is 13.2 Å². The van der Waals surface area contributed by atoms with Gasteiger partial charge in [0.05, 0.1) is 0 Å². The van der Waals surface area contributed by atoms with E-state index in [-0.39, 0.29) is 25.7 Å². The first-order valence-corrected chi connectivity index (χ1v) is 46.7. The highest BCUT2D eigenvalue weighted by atomic mass is 16.6. The first kappa shape index (κ1) is 102. The molecule has 0 aromatic carbocycles. The summed E-state index contributed by atoms with van der Waals surface area (Å²) in [5, 5.41) is 0. The Balaban J connectivity index is 6.47. The van der Waals surface area contributed by atoms with Gasteiger partial charge in [0.25, 0.3) is 0 Å². The van der Waals surface area contributed by atoms with Crippen molar-refractivity contribution in [3.63, 3.8) is 0 Å². The SMILES string of the molecule is CCCCCCCCCCCCCCCCCC(=O)OC(CCCCCCCCCC)C(=O)OCC(COC(=O)C(CCCCCCCCCC)OC(=O)CCCCCCCCCCCCCCCCC)OC(=O)C(CCCCCCCCCC)OC(=O)CCCCCCCCCCCCCCCCC. The van der Waals surface area contributed by atoms with Gasteiger partial charge in [-0.1, -0.05) is 446 Å². The molecule has 0 aromatic heterocycles. The van der Waals surface area contributed by atoms with Crippen molar-refractivity contribution in [2.24, 2.45) is 0 Å². The number of carbonyl (C=O) groups excluding carboxylic acids is 6. The fourth-order valence-corrected chi connectivity index (χ4v) is 14.5. The van der Waals surface area contributed by atoms with Crippen LogP contribution < -0.4 is 0 Å². The Kier molecular flexibility index (Phi) is 80.8. The van der Waals surface area contributed by atoms with Gasteiger partial charge in [0.15, 0.2) is 24.4 Å². The van der Waals surface area contributed by atoms with E-state index < -0.39 is 73.4 Å². The van der Waals surface area contributed by atoms with Crippen LogP contribution in [0.25, 0.3) is 0 Å². The van der Waals surface area contributed by atoms with Crippen LogP contribution in [0.2, 0.25) is 0 Å². The van der Waals surface area contributed by atoms with E-state index in [9.17, 15) is 28.8 Å². The molecule has 0 aliphatic rings. The van der Waals surface area contributed by atoms with Crippen molar-refractivity contribution in [3.8, 4) is 0 Å². The zero-order valence-electron chi connectivity index (χ0n) is 70.7. The molecule has 0 aromatic rings. The lowest BCUT2D eigenvalue weighted by molar-refractivity contribution is -0.185. The van der Waals surface area contributed by atoms with E-state index in [1.807, 2.05) is 0 Å². The summed E-state index contributed by atoms with van der Waals surface area (Å²) in [4.78, 5) is 84.2. The van der Waals surface area contributed by atoms with Crippen LogP contribution in [0.1, 0.15) is 523 Å². The van der Waals surface area contributed by atoms with Gasteiger partial charge < -0.3 is 28.4 Å². The second-order valence-electron chi connectivity index (χ2n) is 32.1. The molecule has 0 saturated carbocycles. The highest BCUT2D eigenvalue weighted by Gasteiger charge is 2.32. The predicted octanol–water partition coefficient (Wildman–Crippen LogP) is 29.1. The van der Waals surface area contributed by atoms with E-state index in [0.717, 1.165) is 122 Å². The minimum absolute atomic E-state index is 0.189. The van der Waals surface area contributed by atoms with Gasteiger partial charge in [-0.15, -0.1) is 0 Å². The van der Waals surface area contributed by atoms with Crippen LogP contribution in [0.4, 0.5) is 0 Å². The van der Waals surface area contributed by atoms with E-state index >= 15 is 0 Å². The Bertz CT molecular complexity index is 1780. The van der Waals surface area contributed by atoms with Crippen molar-refractivity contribution < 1.29 is 57.2 Å². The molecule has 0 bridgehead atoms. The van der Waals surface area contributed by atoms with Crippen LogP contribution >= 0.6 is 0 Å². The largest absolute Gasteiger partial charge is 0.459 e. The molecule has 3 unspecified atom stereocenters. The molecule has 0 fully saturated rings. The first-order valence-electron chi connectivity index (χ1n) is 46.7. The lowest BCUT2D eigenvalue weighted by Gasteiger charge is -2.24. The van der Waals surface area contributed by atoms with Gasteiger partial charge in [-0.3, -0.25) is 14.4 Å². The summed E-state index contributed by atoms with van der Waals surface area (Å²) in [5.41, 5.74) is 0. The third kappa shape index (κ3) is 73.4. The molecule has 12 nitrogen and oxygen atoms in total. The van der Waals surface area contributed by atoms with Crippen molar-refractivity contribution in [2.45, 2.75) is 548 Å². The number of rotatable bonds is 86. The molecule has 0 aliphatic carbocycles. The van der Waals surface area contributed by atoms with E-state index in [2.05, 4.69) is 41.5 Å². The highest BCUT2D eigenvalue weighted by molar-refractivity contribution is 5.81. The van der Waals surface area contributed by atoms with E-state index in [4.69, 9.17) is 28.4 Å². The van der Waals surface area contributed by atoms with Gasteiger partial charge >= 0.3 is 35.8 Å². The molecule has 0 amide bonds. The van der Waals surface area contributed by atoms with Gasteiger partial charge in [-0.25, -0.2) is 14.4 Å². The lowest BCUT2D eigenvalue weighted by Crippen LogP contribution is -2.39. The molecule has 0 N–H and O–H groups in total. The molecule has 105 heavy (non-hydrogen) atoms. The van der Waals surface area contributed by atoms with E-state index in [0.29, 0.717) is 51.4 Å². The van der Waals surface area contributed by atoms with Crippen LogP contribution in [0.5, 0.6) is 0 Å². The maximum absolute atomic E-state index is 14.6. The standard InChI is InChI=1S/C93H176O12/c1-7-13-19-25-31-37-40-43-46-49-52-55-61-67-73-79-88(94)103-85(76-70-64-58-34-28-22-16-10-4)91(97)100-82-84(102-93(99)87(78-72-66-60-36-30-24-18-12-6)105-90(96)81-75-69-63-57-54-51-48-45-42-39-33-27-21-15-9-3)83-101-92(98)86(77-71-65-59-35-29-23-17-11-5)104-89(95)80-74-68-62-56-53-50-47-44-41-38-32-26-20-14-8-2/h84-87H,7-83H2,1-6H3. The maximum atomic E-state index is 14.6. The molecule has 0 radical (unpaired) electrons. The number of ether oxygens (including phenoxy) is 6. The summed E-state index contributed by atoms with van der Waals surface area (Å²) >= 11 is 0. The molecule has 12 heteroatoms. The second kappa shape index (κ2) is 83.3. The van der Waals surface area contributed by atoms with Gasteiger partial charge in [-0.2, -0.15) is 0 Å². The van der Waals surface area contributed by atoms with Crippen molar-refractivity contribution >= 4 is 35.8 Å². The number of unbranched alkanes of at least 4 members (excludes halogenated alkanes) is 63. The van der Waals surface area contributed by atoms with Crippen molar-refractivity contribution in [3.05, 3.63) is 0 Å². The summed E-state index contributed by atoms with van der Waals surface area (Å²) in [5.74, 6) is -3.62. The molecule has 3 atom stereocenters. The van der Waals surface area contributed by atoms with Crippen LogP contribution in [0.3, 0.4) is 0 Å². The van der Waals surface area contributed by atoms with Crippen LogP contribution in [-0.4, -0.2) is 73.4 Å². The lowest BCUT2D eigenvalue weighted by atomic mass is 10.0. The third-order valence-electron chi connectivity index (χ3n) is 21.6. The van der Waals surface area contributed by atoms with Gasteiger partial charge in [0.2, 0.25) is 0 Å². The molecule has 0 aliphatic heterocycles. The Morgan fingerprint density at radius 2 is 0.333 bits per heavy atom.